The molecule has 0 heterocycles. The molecule has 1 N–H and O–H groups in total. The van der Waals surface area contributed by atoms with E-state index in [2.05, 4.69) is 11.2 Å². The van der Waals surface area contributed by atoms with E-state index in [0.29, 0.717) is 25.1 Å². The van der Waals surface area contributed by atoms with Gasteiger partial charge in [-0.25, -0.2) is 4.39 Å². The lowest BCUT2D eigenvalue weighted by molar-refractivity contribution is -0.385. The summed E-state index contributed by atoms with van der Waals surface area (Å²) in [5.74, 6) is 1.84. The van der Waals surface area contributed by atoms with Crippen molar-refractivity contribution in [3.05, 3.63) is 39.7 Å². The number of nitro groups is 1. The first-order chi connectivity index (χ1) is 7.63. The highest BCUT2D eigenvalue weighted by molar-refractivity contribution is 5.35. The number of nitrogens with one attached hydrogen (secondary N) is 1. The summed E-state index contributed by atoms with van der Waals surface area (Å²) in [6.07, 6.45) is 5.62. The highest BCUT2D eigenvalue weighted by atomic mass is 19.1. The molecule has 0 unspecified atom stereocenters. The van der Waals surface area contributed by atoms with Crippen molar-refractivity contribution in [1.29, 1.82) is 0 Å². The molecule has 16 heavy (non-hydrogen) atoms. The Morgan fingerprint density at radius 3 is 2.88 bits per heavy atom. The third kappa shape index (κ3) is 3.67. The van der Waals surface area contributed by atoms with Gasteiger partial charge < -0.3 is 5.32 Å². The van der Waals surface area contributed by atoms with Gasteiger partial charge in [0, 0.05) is 25.6 Å². The van der Waals surface area contributed by atoms with E-state index in [1.54, 1.807) is 0 Å². The molecule has 0 saturated carbocycles. The first-order valence-electron chi connectivity index (χ1n) is 4.71. The van der Waals surface area contributed by atoms with Gasteiger partial charge in [0.05, 0.1) is 11.0 Å². The highest BCUT2D eigenvalue weighted by Gasteiger charge is 2.09. The van der Waals surface area contributed by atoms with Gasteiger partial charge in [-0.2, -0.15) is 0 Å². The molecule has 0 atom stereocenters. The number of halogens is 1. The quantitative estimate of drug-likeness (QED) is 0.358. The maximum absolute atomic E-state index is 13.0. The van der Waals surface area contributed by atoms with Crippen molar-refractivity contribution < 1.29 is 9.31 Å². The summed E-state index contributed by atoms with van der Waals surface area (Å²) in [6.45, 7) is 0.959. The van der Waals surface area contributed by atoms with E-state index >= 15 is 0 Å². The molecule has 84 valence electrons. The zero-order valence-electron chi connectivity index (χ0n) is 8.57. The lowest BCUT2D eigenvalue weighted by Gasteiger charge is -2.03. The number of nitro benzene ring substituents is 1. The Hall–Kier alpha value is -1.93. The van der Waals surface area contributed by atoms with Gasteiger partial charge in [-0.1, -0.05) is 0 Å². The molecule has 0 spiro atoms. The molecule has 0 saturated heterocycles. The Labute approximate surface area is 92.6 Å². The number of rotatable bonds is 5. The molecule has 4 nitrogen and oxygen atoms in total. The van der Waals surface area contributed by atoms with Crippen molar-refractivity contribution in [3.8, 4) is 12.3 Å². The first kappa shape index (κ1) is 12.1. The second-order valence-electron chi connectivity index (χ2n) is 3.21. The van der Waals surface area contributed by atoms with E-state index in [1.165, 1.54) is 12.1 Å². The van der Waals surface area contributed by atoms with Crippen molar-refractivity contribution in [2.24, 2.45) is 0 Å². The molecular weight excluding hydrogens is 211 g/mol. The van der Waals surface area contributed by atoms with Crippen LogP contribution in [-0.4, -0.2) is 11.5 Å². The van der Waals surface area contributed by atoms with Crippen molar-refractivity contribution in [2.45, 2.75) is 13.0 Å². The van der Waals surface area contributed by atoms with Gasteiger partial charge >= 0.3 is 0 Å². The van der Waals surface area contributed by atoms with E-state index in [4.69, 9.17) is 6.42 Å². The molecule has 0 aromatic heterocycles. The van der Waals surface area contributed by atoms with Crippen LogP contribution in [0.2, 0.25) is 0 Å². The number of non-ortho nitro benzene ring substituents is 1. The van der Waals surface area contributed by atoms with Gasteiger partial charge in [-0.15, -0.1) is 12.3 Å². The molecule has 0 amide bonds. The number of terminal acetylenes is 1. The number of benzene rings is 1. The summed E-state index contributed by atoms with van der Waals surface area (Å²) in [6, 6.07) is 3.49. The third-order valence-electron chi connectivity index (χ3n) is 1.93. The summed E-state index contributed by atoms with van der Waals surface area (Å²) >= 11 is 0. The van der Waals surface area contributed by atoms with Gasteiger partial charge in [-0.05, 0) is 11.6 Å². The van der Waals surface area contributed by atoms with E-state index in [-0.39, 0.29) is 5.69 Å². The molecular formula is C11H11FN2O2. The molecule has 0 bridgehead atoms. The van der Waals surface area contributed by atoms with Crippen molar-refractivity contribution >= 4 is 5.69 Å². The maximum Gasteiger partial charge on any atom is 0.272 e. The first-order valence-corrected chi connectivity index (χ1v) is 4.71. The SMILES string of the molecule is C#CCCNCc1cc(F)cc([N+](=O)[O-])c1. The summed E-state index contributed by atoms with van der Waals surface area (Å²) in [5, 5.41) is 13.4. The average Bonchev–Trinajstić information content (AvgIpc) is 2.23. The van der Waals surface area contributed by atoms with Crippen LogP contribution in [0.5, 0.6) is 0 Å². The van der Waals surface area contributed by atoms with Crippen LogP contribution in [0.3, 0.4) is 0 Å². The minimum atomic E-state index is -0.617. The van der Waals surface area contributed by atoms with E-state index in [1.807, 2.05) is 0 Å². The largest absolute Gasteiger partial charge is 0.312 e. The fourth-order valence-electron chi connectivity index (χ4n) is 1.23. The zero-order valence-corrected chi connectivity index (χ0v) is 8.57. The van der Waals surface area contributed by atoms with Crippen molar-refractivity contribution in [3.63, 3.8) is 0 Å². The standard InChI is InChI=1S/C11H11FN2O2/c1-2-3-4-13-8-9-5-10(12)7-11(6-9)14(15)16/h1,5-7,13H,3-4,8H2. The number of hydrogen-bond acceptors (Lipinski definition) is 3. The van der Waals surface area contributed by atoms with Gasteiger partial charge in [-0.3, -0.25) is 10.1 Å². The zero-order chi connectivity index (χ0) is 12.0. The second-order valence-corrected chi connectivity index (χ2v) is 3.21. The summed E-state index contributed by atoms with van der Waals surface area (Å²) in [5.41, 5.74) is 0.289. The fourth-order valence-corrected chi connectivity index (χ4v) is 1.23. The Morgan fingerprint density at radius 1 is 1.50 bits per heavy atom. The monoisotopic (exact) mass is 222 g/mol. The minimum Gasteiger partial charge on any atom is -0.312 e. The van der Waals surface area contributed by atoms with Crippen molar-refractivity contribution in [1.82, 2.24) is 5.32 Å². The van der Waals surface area contributed by atoms with Gasteiger partial charge in [0.25, 0.3) is 5.69 Å². The third-order valence-corrected chi connectivity index (χ3v) is 1.93. The van der Waals surface area contributed by atoms with E-state index < -0.39 is 10.7 Å². The van der Waals surface area contributed by atoms with Gasteiger partial charge in [0.15, 0.2) is 0 Å². The van der Waals surface area contributed by atoms with Gasteiger partial charge in [0.2, 0.25) is 0 Å². The average molecular weight is 222 g/mol. The molecule has 5 heteroatoms. The van der Waals surface area contributed by atoms with Crippen molar-refractivity contribution in [2.75, 3.05) is 6.54 Å². The summed E-state index contributed by atoms with van der Waals surface area (Å²) in [4.78, 5) is 9.86. The molecule has 0 fully saturated rings. The smallest absolute Gasteiger partial charge is 0.272 e. The second kappa shape index (κ2) is 5.83. The number of hydrogen-bond donors (Lipinski definition) is 1. The van der Waals surface area contributed by atoms with Gasteiger partial charge in [0.1, 0.15) is 5.82 Å². The molecule has 1 aromatic carbocycles. The van der Waals surface area contributed by atoms with Crippen LogP contribution in [0.4, 0.5) is 10.1 Å². The Balaban J connectivity index is 2.66. The van der Waals surface area contributed by atoms with Crippen LogP contribution in [0.25, 0.3) is 0 Å². The van der Waals surface area contributed by atoms with Crippen LogP contribution < -0.4 is 5.32 Å². The molecule has 1 aromatic rings. The lowest BCUT2D eigenvalue weighted by atomic mass is 10.2. The predicted octanol–water partition coefficient (Wildman–Crippen LogP) is 1.85. The fraction of sp³-hybridized carbons (Fsp3) is 0.273. The van der Waals surface area contributed by atoms with Crippen LogP contribution in [-0.2, 0) is 6.54 Å². The maximum atomic E-state index is 13.0. The van der Waals surface area contributed by atoms with E-state index in [9.17, 15) is 14.5 Å². The van der Waals surface area contributed by atoms with Crippen LogP contribution in [0, 0.1) is 28.3 Å². The van der Waals surface area contributed by atoms with Crippen LogP contribution >= 0.6 is 0 Å². The van der Waals surface area contributed by atoms with E-state index in [0.717, 1.165) is 6.07 Å². The molecule has 1 rings (SSSR count). The Kier molecular flexibility index (Phi) is 4.42. The molecule has 0 radical (unpaired) electrons. The minimum absolute atomic E-state index is 0.242. The Morgan fingerprint density at radius 2 is 2.25 bits per heavy atom. The lowest BCUT2D eigenvalue weighted by Crippen LogP contribution is -2.14. The highest BCUT2D eigenvalue weighted by Crippen LogP contribution is 2.15. The Bertz CT molecular complexity index is 426. The predicted molar refractivity (Wildman–Crippen MR) is 58.2 cm³/mol. The number of nitrogens with zero attached hydrogens (tertiary/aromatic N) is 1. The molecule has 0 aliphatic heterocycles. The van der Waals surface area contributed by atoms with Crippen LogP contribution in [0.15, 0.2) is 18.2 Å². The molecule has 0 aliphatic carbocycles. The summed E-state index contributed by atoms with van der Waals surface area (Å²) < 4.78 is 13.0. The summed E-state index contributed by atoms with van der Waals surface area (Å²) in [7, 11) is 0. The van der Waals surface area contributed by atoms with Crippen LogP contribution in [0.1, 0.15) is 12.0 Å². The topological polar surface area (TPSA) is 55.2 Å². The molecule has 0 aliphatic rings. The normalized spacial score (nSPS) is 9.75.